The largest absolute Gasteiger partial charge is 0.480 e. The van der Waals surface area contributed by atoms with Gasteiger partial charge in [-0.2, -0.15) is 0 Å². The van der Waals surface area contributed by atoms with Gasteiger partial charge in [0.15, 0.2) is 5.82 Å². The van der Waals surface area contributed by atoms with E-state index in [4.69, 9.17) is 0 Å². The van der Waals surface area contributed by atoms with Gasteiger partial charge in [-0.15, -0.1) is 0 Å². The number of carbonyl (C=O) groups excluding carboxylic acids is 1. The molecule has 0 fully saturated rings. The van der Waals surface area contributed by atoms with Crippen LogP contribution >= 0.6 is 0 Å². The third-order valence-corrected chi connectivity index (χ3v) is 6.93. The van der Waals surface area contributed by atoms with Gasteiger partial charge in [0, 0.05) is 55.3 Å². The maximum absolute atomic E-state index is 12.8. The highest BCUT2D eigenvalue weighted by atomic mass is 16.4. The molecule has 7 nitrogen and oxygen atoms in total. The standard InChI is InChI=1S/C33H36N4O3/c1-21-17-25(13-16-29(21)37(5)6)26-19-34-30(35-20-26)23-9-7-22(8-10-23)18-28(32(39)40)36-31(38)24-11-14-27(15-12-24)33(2,3)4/h7-17,19-20,28H,18H2,1-6H3,(H,36,38)(H,39,40)/t28-/m0/s1. The van der Waals surface area contributed by atoms with E-state index < -0.39 is 17.9 Å². The molecule has 1 atom stereocenters. The van der Waals surface area contributed by atoms with E-state index in [2.05, 4.69) is 66.1 Å². The van der Waals surface area contributed by atoms with Crippen LogP contribution in [-0.2, 0) is 16.6 Å². The number of rotatable bonds is 8. The zero-order chi connectivity index (χ0) is 29.0. The van der Waals surface area contributed by atoms with Crippen molar-refractivity contribution in [3.05, 3.63) is 101 Å². The summed E-state index contributed by atoms with van der Waals surface area (Å²) in [6, 6.07) is 19.9. The molecule has 206 valence electrons. The van der Waals surface area contributed by atoms with Crippen molar-refractivity contribution < 1.29 is 14.7 Å². The van der Waals surface area contributed by atoms with Crippen LogP contribution in [-0.4, -0.2) is 47.1 Å². The van der Waals surface area contributed by atoms with Gasteiger partial charge in [0.2, 0.25) is 0 Å². The second kappa shape index (κ2) is 11.7. The smallest absolute Gasteiger partial charge is 0.326 e. The van der Waals surface area contributed by atoms with Crippen LogP contribution in [0.5, 0.6) is 0 Å². The topological polar surface area (TPSA) is 95.4 Å². The Bertz CT molecular complexity index is 1490. The van der Waals surface area contributed by atoms with E-state index in [1.165, 1.54) is 11.3 Å². The molecule has 0 saturated carbocycles. The predicted octanol–water partition coefficient (Wildman–Crippen LogP) is 5.91. The maximum Gasteiger partial charge on any atom is 0.326 e. The first-order chi connectivity index (χ1) is 18.9. The molecule has 1 amide bonds. The van der Waals surface area contributed by atoms with Gasteiger partial charge < -0.3 is 15.3 Å². The Balaban J connectivity index is 1.42. The van der Waals surface area contributed by atoms with Crippen LogP contribution in [0, 0.1) is 6.92 Å². The van der Waals surface area contributed by atoms with E-state index in [-0.39, 0.29) is 11.8 Å². The molecule has 1 aromatic heterocycles. The molecule has 3 aromatic carbocycles. The van der Waals surface area contributed by atoms with Crippen LogP contribution in [0.3, 0.4) is 0 Å². The van der Waals surface area contributed by atoms with Gasteiger partial charge in [0.05, 0.1) is 0 Å². The monoisotopic (exact) mass is 536 g/mol. The third-order valence-electron chi connectivity index (χ3n) is 6.93. The second-order valence-corrected chi connectivity index (χ2v) is 11.3. The number of carbonyl (C=O) groups is 2. The normalized spacial score (nSPS) is 12.1. The van der Waals surface area contributed by atoms with Crippen molar-refractivity contribution in [2.45, 2.75) is 45.6 Å². The summed E-state index contributed by atoms with van der Waals surface area (Å²) in [4.78, 5) is 35.9. The average molecular weight is 537 g/mol. The molecule has 7 heteroatoms. The fourth-order valence-electron chi connectivity index (χ4n) is 4.55. The van der Waals surface area contributed by atoms with Gasteiger partial charge in [0.1, 0.15) is 6.04 Å². The highest BCUT2D eigenvalue weighted by molar-refractivity contribution is 5.96. The first-order valence-electron chi connectivity index (χ1n) is 13.3. The molecule has 1 heterocycles. The number of nitrogens with one attached hydrogen (secondary N) is 1. The molecule has 0 unspecified atom stereocenters. The maximum atomic E-state index is 12.8. The molecule has 0 aliphatic rings. The highest BCUT2D eigenvalue weighted by Crippen LogP contribution is 2.27. The Morgan fingerprint density at radius 3 is 2.00 bits per heavy atom. The van der Waals surface area contributed by atoms with Crippen molar-refractivity contribution in [3.8, 4) is 22.5 Å². The van der Waals surface area contributed by atoms with E-state index in [1.807, 2.05) is 62.9 Å². The fourth-order valence-corrected chi connectivity index (χ4v) is 4.55. The summed E-state index contributed by atoms with van der Waals surface area (Å²) in [7, 11) is 4.05. The van der Waals surface area contributed by atoms with E-state index in [9.17, 15) is 14.7 Å². The number of carboxylic acid groups (broad SMARTS) is 1. The van der Waals surface area contributed by atoms with Gasteiger partial charge in [-0.1, -0.05) is 63.2 Å². The van der Waals surface area contributed by atoms with Crippen molar-refractivity contribution >= 4 is 17.6 Å². The van der Waals surface area contributed by atoms with E-state index in [1.54, 1.807) is 12.1 Å². The Labute approximate surface area is 235 Å². The molecule has 0 bridgehead atoms. The lowest BCUT2D eigenvalue weighted by Crippen LogP contribution is -2.42. The Hall–Kier alpha value is -4.52. The lowest BCUT2D eigenvalue weighted by molar-refractivity contribution is -0.139. The van der Waals surface area contributed by atoms with Gasteiger partial charge in [0.25, 0.3) is 5.91 Å². The van der Waals surface area contributed by atoms with E-state index >= 15 is 0 Å². The van der Waals surface area contributed by atoms with Crippen molar-refractivity contribution in [3.63, 3.8) is 0 Å². The minimum Gasteiger partial charge on any atom is -0.480 e. The van der Waals surface area contributed by atoms with Crippen molar-refractivity contribution in [1.29, 1.82) is 0 Å². The number of aryl methyl sites for hydroxylation is 1. The fraction of sp³-hybridized carbons (Fsp3) is 0.273. The summed E-state index contributed by atoms with van der Waals surface area (Å²) >= 11 is 0. The number of anilines is 1. The van der Waals surface area contributed by atoms with Crippen LogP contribution in [0.4, 0.5) is 5.69 Å². The summed E-state index contributed by atoms with van der Waals surface area (Å²) in [5.74, 6) is -0.917. The van der Waals surface area contributed by atoms with Crippen LogP contribution in [0.15, 0.2) is 79.1 Å². The lowest BCUT2D eigenvalue weighted by atomic mass is 9.86. The molecule has 4 aromatic rings. The predicted molar refractivity (Wildman–Crippen MR) is 160 cm³/mol. The molecule has 2 N–H and O–H groups in total. The molecule has 0 aliphatic heterocycles. The summed E-state index contributed by atoms with van der Waals surface area (Å²) in [5.41, 5.74) is 7.44. The van der Waals surface area contributed by atoms with Crippen molar-refractivity contribution in [2.24, 2.45) is 0 Å². The lowest BCUT2D eigenvalue weighted by Gasteiger charge is -2.19. The number of nitrogens with zero attached hydrogens (tertiary/aromatic N) is 3. The number of benzene rings is 3. The highest BCUT2D eigenvalue weighted by Gasteiger charge is 2.22. The quantitative estimate of drug-likeness (QED) is 0.291. The van der Waals surface area contributed by atoms with Gasteiger partial charge >= 0.3 is 5.97 Å². The molecule has 0 radical (unpaired) electrons. The van der Waals surface area contributed by atoms with Gasteiger partial charge in [-0.25, -0.2) is 14.8 Å². The molecule has 0 aliphatic carbocycles. The summed E-state index contributed by atoms with van der Waals surface area (Å²) in [5, 5.41) is 12.4. The number of hydrogen-bond donors (Lipinski definition) is 2. The van der Waals surface area contributed by atoms with Crippen LogP contribution in [0.1, 0.15) is 47.8 Å². The molecule has 0 saturated heterocycles. The second-order valence-electron chi connectivity index (χ2n) is 11.3. The molecular formula is C33H36N4O3. The van der Waals surface area contributed by atoms with Crippen molar-refractivity contribution in [1.82, 2.24) is 15.3 Å². The Morgan fingerprint density at radius 1 is 0.875 bits per heavy atom. The number of aromatic nitrogens is 2. The molecule has 4 rings (SSSR count). The van der Waals surface area contributed by atoms with Crippen molar-refractivity contribution in [2.75, 3.05) is 19.0 Å². The summed E-state index contributed by atoms with van der Waals surface area (Å²) in [6.07, 6.45) is 3.78. The number of amides is 1. The number of hydrogen-bond acceptors (Lipinski definition) is 5. The van der Waals surface area contributed by atoms with Crippen LogP contribution < -0.4 is 10.2 Å². The van der Waals surface area contributed by atoms with Crippen LogP contribution in [0.25, 0.3) is 22.5 Å². The minimum absolute atomic E-state index is 0.0325. The first-order valence-corrected chi connectivity index (χ1v) is 13.3. The van der Waals surface area contributed by atoms with Gasteiger partial charge in [-0.05, 0) is 58.9 Å². The van der Waals surface area contributed by atoms with E-state index in [0.29, 0.717) is 11.4 Å². The number of carboxylic acids is 1. The molecule has 0 spiro atoms. The number of aliphatic carboxylic acids is 1. The zero-order valence-electron chi connectivity index (χ0n) is 23.9. The Morgan fingerprint density at radius 2 is 1.48 bits per heavy atom. The van der Waals surface area contributed by atoms with Gasteiger partial charge in [-0.3, -0.25) is 4.79 Å². The summed E-state index contributed by atoms with van der Waals surface area (Å²) < 4.78 is 0. The van der Waals surface area contributed by atoms with E-state index in [0.717, 1.165) is 27.8 Å². The molecular weight excluding hydrogens is 500 g/mol. The average Bonchev–Trinajstić information content (AvgIpc) is 2.92. The zero-order valence-corrected chi connectivity index (χ0v) is 23.9. The minimum atomic E-state index is -1.09. The first kappa shape index (κ1) is 28.5. The molecule has 40 heavy (non-hydrogen) atoms. The Kier molecular flexibility index (Phi) is 8.33. The summed E-state index contributed by atoms with van der Waals surface area (Å²) in [6.45, 7) is 8.38. The third kappa shape index (κ3) is 6.72. The SMILES string of the molecule is Cc1cc(-c2cnc(-c3ccc(C[C@H](NC(=O)c4ccc(C(C)(C)C)cc4)C(=O)O)cc3)nc2)ccc1N(C)C. The van der Waals surface area contributed by atoms with Crippen LogP contribution in [0.2, 0.25) is 0 Å².